The SMILES string of the molecule is CC1(Oc2ccccc2[N+](=O)[O-])CCCC1. The van der Waals surface area contributed by atoms with Crippen molar-refractivity contribution in [3.8, 4) is 5.75 Å². The van der Waals surface area contributed by atoms with Gasteiger partial charge in [0, 0.05) is 6.07 Å². The third kappa shape index (κ3) is 2.15. The van der Waals surface area contributed by atoms with E-state index in [0.29, 0.717) is 5.75 Å². The first-order valence-corrected chi connectivity index (χ1v) is 5.53. The minimum Gasteiger partial charge on any atom is -0.481 e. The van der Waals surface area contributed by atoms with Gasteiger partial charge in [0.1, 0.15) is 5.60 Å². The van der Waals surface area contributed by atoms with Crippen LogP contribution >= 0.6 is 0 Å². The predicted molar refractivity (Wildman–Crippen MR) is 60.6 cm³/mol. The van der Waals surface area contributed by atoms with Gasteiger partial charge in [-0.1, -0.05) is 12.1 Å². The molecule has 0 heterocycles. The van der Waals surface area contributed by atoms with Gasteiger partial charge in [-0.15, -0.1) is 0 Å². The summed E-state index contributed by atoms with van der Waals surface area (Å²) in [5, 5.41) is 10.8. The van der Waals surface area contributed by atoms with Gasteiger partial charge in [0.25, 0.3) is 0 Å². The second kappa shape index (κ2) is 4.12. The quantitative estimate of drug-likeness (QED) is 0.581. The molecule has 0 amide bonds. The fraction of sp³-hybridized carbons (Fsp3) is 0.500. The van der Waals surface area contributed by atoms with Crippen LogP contribution in [0.3, 0.4) is 0 Å². The third-order valence-corrected chi connectivity index (χ3v) is 3.08. The van der Waals surface area contributed by atoms with Crippen LogP contribution in [0.4, 0.5) is 5.69 Å². The monoisotopic (exact) mass is 221 g/mol. The Morgan fingerprint density at radius 2 is 1.94 bits per heavy atom. The summed E-state index contributed by atoms with van der Waals surface area (Å²) in [6.07, 6.45) is 4.21. The van der Waals surface area contributed by atoms with Crippen molar-refractivity contribution < 1.29 is 9.66 Å². The molecule has 0 N–H and O–H groups in total. The number of ether oxygens (including phenoxy) is 1. The van der Waals surface area contributed by atoms with Crippen molar-refractivity contribution >= 4 is 5.69 Å². The molecule has 1 aliphatic carbocycles. The highest BCUT2D eigenvalue weighted by Gasteiger charge is 2.32. The summed E-state index contributed by atoms with van der Waals surface area (Å²) in [4.78, 5) is 10.4. The van der Waals surface area contributed by atoms with E-state index in [4.69, 9.17) is 4.74 Å². The Balaban J connectivity index is 2.23. The largest absolute Gasteiger partial charge is 0.481 e. The molecule has 4 nitrogen and oxygen atoms in total. The van der Waals surface area contributed by atoms with Crippen molar-refractivity contribution in [2.45, 2.75) is 38.2 Å². The average molecular weight is 221 g/mol. The number of rotatable bonds is 3. The Kier molecular flexibility index (Phi) is 2.81. The molecule has 1 saturated carbocycles. The molecule has 1 aliphatic rings. The van der Waals surface area contributed by atoms with Crippen molar-refractivity contribution in [1.82, 2.24) is 0 Å². The molecule has 0 aliphatic heterocycles. The molecule has 0 unspecified atom stereocenters. The van der Waals surface area contributed by atoms with E-state index < -0.39 is 4.92 Å². The van der Waals surface area contributed by atoms with E-state index in [0.717, 1.165) is 25.7 Å². The molecule has 0 spiro atoms. The lowest BCUT2D eigenvalue weighted by Crippen LogP contribution is -2.28. The number of benzene rings is 1. The zero-order valence-corrected chi connectivity index (χ0v) is 9.31. The standard InChI is InChI=1S/C12H15NO3/c1-12(8-4-5-9-12)16-11-7-3-2-6-10(11)13(14)15/h2-3,6-7H,4-5,8-9H2,1H3. The van der Waals surface area contributed by atoms with Crippen LogP contribution < -0.4 is 4.74 Å². The predicted octanol–water partition coefficient (Wildman–Crippen LogP) is 3.31. The second-order valence-corrected chi connectivity index (χ2v) is 4.48. The third-order valence-electron chi connectivity index (χ3n) is 3.08. The van der Waals surface area contributed by atoms with E-state index in [2.05, 4.69) is 0 Å². The van der Waals surface area contributed by atoms with Crippen molar-refractivity contribution in [3.63, 3.8) is 0 Å². The summed E-state index contributed by atoms with van der Waals surface area (Å²) in [6.45, 7) is 2.02. The van der Waals surface area contributed by atoms with Gasteiger partial charge < -0.3 is 4.74 Å². The molecule has 0 aromatic heterocycles. The summed E-state index contributed by atoms with van der Waals surface area (Å²) >= 11 is 0. The molecule has 4 heteroatoms. The van der Waals surface area contributed by atoms with Gasteiger partial charge in [0.05, 0.1) is 4.92 Å². The molecule has 16 heavy (non-hydrogen) atoms. The lowest BCUT2D eigenvalue weighted by atomic mass is 10.1. The van der Waals surface area contributed by atoms with Crippen LogP contribution in [-0.2, 0) is 0 Å². The van der Waals surface area contributed by atoms with E-state index in [1.807, 2.05) is 6.92 Å². The normalized spacial score (nSPS) is 18.3. The van der Waals surface area contributed by atoms with Crippen molar-refractivity contribution in [1.29, 1.82) is 0 Å². The van der Waals surface area contributed by atoms with E-state index >= 15 is 0 Å². The number of nitro groups is 1. The maximum absolute atomic E-state index is 10.8. The van der Waals surface area contributed by atoms with Gasteiger partial charge in [-0.2, -0.15) is 0 Å². The maximum Gasteiger partial charge on any atom is 0.310 e. The summed E-state index contributed by atoms with van der Waals surface area (Å²) in [5.41, 5.74) is -0.179. The van der Waals surface area contributed by atoms with Gasteiger partial charge in [-0.3, -0.25) is 10.1 Å². The Bertz CT molecular complexity index is 397. The average Bonchev–Trinajstić information content (AvgIpc) is 2.65. The smallest absolute Gasteiger partial charge is 0.310 e. The van der Waals surface area contributed by atoms with Crippen LogP contribution in [0.25, 0.3) is 0 Å². The van der Waals surface area contributed by atoms with Crippen LogP contribution in [0.15, 0.2) is 24.3 Å². The molecule has 86 valence electrons. The molecule has 0 saturated heterocycles. The van der Waals surface area contributed by atoms with E-state index in [1.165, 1.54) is 6.07 Å². The Hall–Kier alpha value is -1.58. The lowest BCUT2D eigenvalue weighted by Gasteiger charge is -2.25. The van der Waals surface area contributed by atoms with Crippen molar-refractivity contribution in [3.05, 3.63) is 34.4 Å². The van der Waals surface area contributed by atoms with E-state index in [-0.39, 0.29) is 11.3 Å². The molecular formula is C12H15NO3. The number of hydrogen-bond donors (Lipinski definition) is 0. The number of hydrogen-bond acceptors (Lipinski definition) is 3. The van der Waals surface area contributed by atoms with Crippen LogP contribution in [0.2, 0.25) is 0 Å². The molecule has 1 aromatic carbocycles. The fourth-order valence-electron chi connectivity index (χ4n) is 2.18. The highest BCUT2D eigenvalue weighted by atomic mass is 16.6. The van der Waals surface area contributed by atoms with Crippen LogP contribution in [0.1, 0.15) is 32.6 Å². The highest BCUT2D eigenvalue weighted by molar-refractivity contribution is 5.46. The minimum atomic E-state index is -0.395. The first-order valence-electron chi connectivity index (χ1n) is 5.53. The molecule has 0 radical (unpaired) electrons. The van der Waals surface area contributed by atoms with Crippen LogP contribution in [-0.4, -0.2) is 10.5 Å². The highest BCUT2D eigenvalue weighted by Crippen LogP contribution is 2.37. The second-order valence-electron chi connectivity index (χ2n) is 4.48. The summed E-state index contributed by atoms with van der Waals surface area (Å²) < 4.78 is 5.81. The number of nitro benzene ring substituents is 1. The number of nitrogens with zero attached hydrogens (tertiary/aromatic N) is 1. The Morgan fingerprint density at radius 1 is 1.31 bits per heavy atom. The van der Waals surface area contributed by atoms with E-state index in [9.17, 15) is 10.1 Å². The lowest BCUT2D eigenvalue weighted by molar-refractivity contribution is -0.386. The van der Waals surface area contributed by atoms with Gasteiger partial charge in [-0.05, 0) is 38.7 Å². The molecular weight excluding hydrogens is 206 g/mol. The van der Waals surface area contributed by atoms with Gasteiger partial charge in [0.2, 0.25) is 0 Å². The topological polar surface area (TPSA) is 52.4 Å². The van der Waals surface area contributed by atoms with Crippen LogP contribution in [0.5, 0.6) is 5.75 Å². The maximum atomic E-state index is 10.8. The summed E-state index contributed by atoms with van der Waals surface area (Å²) in [6, 6.07) is 6.57. The van der Waals surface area contributed by atoms with Gasteiger partial charge >= 0.3 is 5.69 Å². The Morgan fingerprint density at radius 3 is 2.56 bits per heavy atom. The number of para-hydroxylation sites is 2. The summed E-state index contributed by atoms with van der Waals surface area (Å²) in [7, 11) is 0. The van der Waals surface area contributed by atoms with Crippen molar-refractivity contribution in [2.75, 3.05) is 0 Å². The molecule has 0 atom stereocenters. The zero-order chi connectivity index (χ0) is 11.6. The van der Waals surface area contributed by atoms with E-state index in [1.54, 1.807) is 18.2 Å². The van der Waals surface area contributed by atoms with Crippen LogP contribution in [0, 0.1) is 10.1 Å². The van der Waals surface area contributed by atoms with Gasteiger partial charge in [-0.25, -0.2) is 0 Å². The molecule has 1 aromatic rings. The molecule has 1 fully saturated rings. The molecule has 2 rings (SSSR count). The fourth-order valence-corrected chi connectivity index (χ4v) is 2.18. The first-order chi connectivity index (χ1) is 7.61. The first kappa shape index (κ1) is 10.9. The zero-order valence-electron chi connectivity index (χ0n) is 9.31. The Labute approximate surface area is 94.4 Å². The van der Waals surface area contributed by atoms with Gasteiger partial charge in [0.15, 0.2) is 5.75 Å². The summed E-state index contributed by atoms with van der Waals surface area (Å²) in [5.74, 6) is 0.386. The minimum absolute atomic E-state index is 0.0515. The molecule has 0 bridgehead atoms. The van der Waals surface area contributed by atoms with Crippen molar-refractivity contribution in [2.24, 2.45) is 0 Å².